The van der Waals surface area contributed by atoms with E-state index >= 15 is 0 Å². The summed E-state index contributed by atoms with van der Waals surface area (Å²) >= 11 is 0. The van der Waals surface area contributed by atoms with E-state index in [4.69, 9.17) is 0 Å². The highest BCUT2D eigenvalue weighted by Gasteiger charge is 2.27. The van der Waals surface area contributed by atoms with Crippen LogP contribution in [0.1, 0.15) is 79.1 Å². The summed E-state index contributed by atoms with van der Waals surface area (Å²) in [6.07, 6.45) is 15.8. The molecule has 0 amide bonds. The Bertz CT molecular complexity index is 918. The maximum absolute atomic E-state index is 12.6. The largest absolute Gasteiger partial charge is 0.481 e. The highest BCUT2D eigenvalue weighted by Crippen LogP contribution is 2.28. The molecule has 0 saturated carbocycles. The first-order valence-electron chi connectivity index (χ1n) is 11.9. The lowest BCUT2D eigenvalue weighted by Gasteiger charge is -2.18. The molecule has 0 heterocycles. The highest BCUT2D eigenvalue weighted by molar-refractivity contribution is 6.15. The Kier molecular flexibility index (Phi) is 9.14. The number of aliphatic carboxylic acids is 2. The van der Waals surface area contributed by atoms with Gasteiger partial charge in [-0.05, 0) is 66.2 Å². The molecule has 0 radical (unpaired) electrons. The summed E-state index contributed by atoms with van der Waals surface area (Å²) in [7, 11) is 0. The Balaban J connectivity index is 1.74. The number of allylic oxidation sites excluding steroid dienone is 10. The Morgan fingerprint density at radius 1 is 0.676 bits per heavy atom. The minimum atomic E-state index is -0.812. The van der Waals surface area contributed by atoms with Gasteiger partial charge in [0.05, 0.1) is 10.8 Å². The lowest BCUT2D eigenvalue weighted by atomic mass is 9.86. The zero-order valence-electron chi connectivity index (χ0n) is 20.6. The SMILES string of the molecule is CC(C)(CCCCC1=CC=C(C=CC2=CC=C(CCCCC(C)(C)C(=O)O)C2=O)C1=O)C(=O)O. The maximum Gasteiger partial charge on any atom is 0.309 e. The van der Waals surface area contributed by atoms with E-state index in [0.717, 1.165) is 25.7 Å². The zero-order chi connectivity index (χ0) is 25.5. The predicted molar refractivity (Wildman–Crippen MR) is 131 cm³/mol. The topological polar surface area (TPSA) is 109 Å². The Morgan fingerprint density at radius 3 is 1.35 bits per heavy atom. The molecular formula is C28H36O6. The molecule has 0 fully saturated rings. The number of carbonyl (C=O) groups excluding carboxylic acids is 2. The van der Waals surface area contributed by atoms with Gasteiger partial charge in [-0.1, -0.05) is 49.3 Å². The van der Waals surface area contributed by atoms with Crippen LogP contribution in [0.2, 0.25) is 0 Å². The molecule has 0 aromatic carbocycles. The van der Waals surface area contributed by atoms with Crippen LogP contribution in [0, 0.1) is 10.8 Å². The van der Waals surface area contributed by atoms with Crippen LogP contribution in [0.25, 0.3) is 0 Å². The molecule has 2 N–H and O–H groups in total. The van der Waals surface area contributed by atoms with Gasteiger partial charge in [0.1, 0.15) is 0 Å². The van der Waals surface area contributed by atoms with Crippen molar-refractivity contribution in [3.63, 3.8) is 0 Å². The number of Topliss-reactive ketones (excluding diaryl/α,β-unsaturated/α-hetero) is 2. The van der Waals surface area contributed by atoms with Crippen molar-refractivity contribution in [1.29, 1.82) is 0 Å². The number of carboxylic acid groups (broad SMARTS) is 2. The quantitative estimate of drug-likeness (QED) is 0.314. The molecule has 0 aromatic rings. The second kappa shape index (κ2) is 11.4. The summed E-state index contributed by atoms with van der Waals surface area (Å²) in [5.41, 5.74) is 0.982. The fraction of sp³-hybridized carbons (Fsp3) is 0.500. The van der Waals surface area contributed by atoms with Crippen LogP contribution in [0.15, 0.2) is 58.7 Å². The van der Waals surface area contributed by atoms with Crippen molar-refractivity contribution < 1.29 is 29.4 Å². The van der Waals surface area contributed by atoms with Gasteiger partial charge in [-0.2, -0.15) is 0 Å². The number of carbonyl (C=O) groups is 4. The van der Waals surface area contributed by atoms with Gasteiger partial charge < -0.3 is 10.2 Å². The monoisotopic (exact) mass is 468 g/mol. The van der Waals surface area contributed by atoms with Gasteiger partial charge in [0.25, 0.3) is 0 Å². The van der Waals surface area contributed by atoms with Gasteiger partial charge in [0, 0.05) is 22.3 Å². The average Bonchev–Trinajstić information content (AvgIpc) is 3.29. The third kappa shape index (κ3) is 7.24. The van der Waals surface area contributed by atoms with E-state index in [0.29, 0.717) is 48.0 Å². The van der Waals surface area contributed by atoms with E-state index in [1.807, 2.05) is 0 Å². The van der Waals surface area contributed by atoms with Gasteiger partial charge in [0.2, 0.25) is 0 Å². The smallest absolute Gasteiger partial charge is 0.309 e. The molecule has 0 unspecified atom stereocenters. The van der Waals surface area contributed by atoms with Crippen LogP contribution in [-0.2, 0) is 19.2 Å². The van der Waals surface area contributed by atoms with Gasteiger partial charge in [-0.3, -0.25) is 19.2 Å². The van der Waals surface area contributed by atoms with Gasteiger partial charge in [-0.25, -0.2) is 0 Å². The van der Waals surface area contributed by atoms with Gasteiger partial charge in [0.15, 0.2) is 11.6 Å². The highest BCUT2D eigenvalue weighted by atomic mass is 16.4. The molecule has 184 valence electrons. The molecule has 2 rings (SSSR count). The Hall–Kier alpha value is -3.02. The van der Waals surface area contributed by atoms with Gasteiger partial charge >= 0.3 is 11.9 Å². The molecular weight excluding hydrogens is 432 g/mol. The van der Waals surface area contributed by atoms with Crippen LogP contribution in [-0.4, -0.2) is 33.7 Å². The molecule has 0 aromatic heterocycles. The molecule has 0 atom stereocenters. The normalized spacial score (nSPS) is 16.6. The molecule has 2 aliphatic carbocycles. The summed E-state index contributed by atoms with van der Waals surface area (Å²) < 4.78 is 0. The summed E-state index contributed by atoms with van der Waals surface area (Å²) in [4.78, 5) is 47.6. The number of carboxylic acids is 2. The van der Waals surface area contributed by atoms with E-state index in [-0.39, 0.29) is 11.6 Å². The van der Waals surface area contributed by atoms with Crippen LogP contribution in [0.3, 0.4) is 0 Å². The molecule has 0 aliphatic heterocycles. The first-order valence-corrected chi connectivity index (χ1v) is 11.9. The van der Waals surface area contributed by atoms with E-state index in [1.54, 1.807) is 64.2 Å². The first kappa shape index (κ1) is 27.2. The molecule has 6 heteroatoms. The van der Waals surface area contributed by atoms with Crippen LogP contribution < -0.4 is 0 Å². The van der Waals surface area contributed by atoms with E-state index in [9.17, 15) is 29.4 Å². The van der Waals surface area contributed by atoms with Crippen molar-refractivity contribution in [1.82, 2.24) is 0 Å². The van der Waals surface area contributed by atoms with Crippen LogP contribution in [0.4, 0.5) is 0 Å². The first-order chi connectivity index (χ1) is 15.8. The Labute approximate surface area is 201 Å². The summed E-state index contributed by atoms with van der Waals surface area (Å²) in [6, 6.07) is 0. The molecule has 2 aliphatic rings. The second-order valence-corrected chi connectivity index (χ2v) is 10.4. The minimum Gasteiger partial charge on any atom is -0.481 e. The van der Waals surface area contributed by atoms with Crippen molar-refractivity contribution in [2.75, 3.05) is 0 Å². The standard InChI is InChI=1S/C28H36O6/c1-27(2,25(31)32)17-7-5-9-19-11-13-21(23(19)29)15-16-22-14-12-20(24(22)30)10-6-8-18-28(3,4)26(33)34/h11-16H,5-10,17-18H2,1-4H3,(H,31,32)(H,33,34). The van der Waals surface area contributed by atoms with Crippen molar-refractivity contribution in [3.8, 4) is 0 Å². The molecule has 0 saturated heterocycles. The zero-order valence-corrected chi connectivity index (χ0v) is 20.6. The fourth-order valence-corrected chi connectivity index (χ4v) is 3.87. The number of unbranched alkanes of at least 4 members (excludes halogenated alkanes) is 2. The number of hydrogen-bond donors (Lipinski definition) is 2. The predicted octanol–water partition coefficient (Wildman–Crippen LogP) is 5.76. The maximum atomic E-state index is 12.6. The Morgan fingerprint density at radius 2 is 1.03 bits per heavy atom. The fourth-order valence-electron chi connectivity index (χ4n) is 3.87. The number of rotatable bonds is 14. The van der Waals surface area contributed by atoms with E-state index in [1.165, 1.54) is 0 Å². The van der Waals surface area contributed by atoms with Crippen molar-refractivity contribution in [2.45, 2.75) is 79.1 Å². The van der Waals surface area contributed by atoms with Crippen molar-refractivity contribution >= 4 is 23.5 Å². The minimum absolute atomic E-state index is 0.0472. The van der Waals surface area contributed by atoms with Crippen molar-refractivity contribution in [3.05, 3.63) is 58.7 Å². The third-order valence-corrected chi connectivity index (χ3v) is 6.63. The van der Waals surface area contributed by atoms with Gasteiger partial charge in [-0.15, -0.1) is 0 Å². The third-order valence-electron chi connectivity index (χ3n) is 6.63. The van der Waals surface area contributed by atoms with Crippen LogP contribution >= 0.6 is 0 Å². The average molecular weight is 469 g/mol. The van der Waals surface area contributed by atoms with E-state index in [2.05, 4.69) is 0 Å². The summed E-state index contributed by atoms with van der Waals surface area (Å²) in [6.45, 7) is 6.83. The van der Waals surface area contributed by atoms with E-state index < -0.39 is 22.8 Å². The summed E-state index contributed by atoms with van der Waals surface area (Å²) in [5, 5.41) is 18.4. The second-order valence-electron chi connectivity index (χ2n) is 10.4. The summed E-state index contributed by atoms with van der Waals surface area (Å²) in [5.74, 6) is -1.72. The molecule has 34 heavy (non-hydrogen) atoms. The number of hydrogen-bond acceptors (Lipinski definition) is 4. The molecule has 0 spiro atoms. The molecule has 0 bridgehead atoms. The number of ketones is 2. The lowest BCUT2D eigenvalue weighted by molar-refractivity contribution is -0.148. The molecule has 6 nitrogen and oxygen atoms in total. The van der Waals surface area contributed by atoms with Crippen LogP contribution in [0.5, 0.6) is 0 Å². The van der Waals surface area contributed by atoms with Crippen molar-refractivity contribution in [2.24, 2.45) is 10.8 Å². The lowest BCUT2D eigenvalue weighted by Crippen LogP contribution is -2.23.